The van der Waals surface area contributed by atoms with Gasteiger partial charge in [0.2, 0.25) is 11.7 Å². The number of fused-ring (bicyclic) bond motifs is 1. The molecular weight excluding hydrogens is 408 g/mol. The summed E-state index contributed by atoms with van der Waals surface area (Å²) < 4.78 is 3.30. The van der Waals surface area contributed by atoms with Crippen LogP contribution in [0.2, 0.25) is 0 Å². The first-order valence-electron chi connectivity index (χ1n) is 8.92. The number of aryl methyl sites for hydroxylation is 2. The van der Waals surface area contributed by atoms with E-state index in [-0.39, 0.29) is 17.6 Å². The SMILES string of the molecule is Cc1ncc(NC(=O)CCl)cc1NC(=O)c1nnc2cc(-c3cnn(C)c3)ccn12. The third kappa shape index (κ3) is 3.85. The summed E-state index contributed by atoms with van der Waals surface area (Å²) in [6, 6.07) is 5.30. The molecule has 0 aliphatic heterocycles. The first-order valence-corrected chi connectivity index (χ1v) is 9.45. The van der Waals surface area contributed by atoms with Gasteiger partial charge in [0.15, 0.2) is 5.65 Å². The van der Waals surface area contributed by atoms with Crippen LogP contribution in [0.5, 0.6) is 0 Å². The van der Waals surface area contributed by atoms with E-state index in [0.717, 1.165) is 11.1 Å². The zero-order valence-electron chi connectivity index (χ0n) is 16.1. The maximum atomic E-state index is 12.8. The highest BCUT2D eigenvalue weighted by molar-refractivity contribution is 6.29. The molecule has 0 fully saturated rings. The molecule has 2 N–H and O–H groups in total. The Morgan fingerprint density at radius 1 is 1.13 bits per heavy atom. The third-order valence-corrected chi connectivity index (χ3v) is 4.63. The standard InChI is InChI=1S/C19H17ClN8O2/c1-11-15(6-14(9-21-11)23-17(29)7-20)24-19(30)18-26-25-16-5-12(3-4-28(16)18)13-8-22-27(2)10-13/h3-6,8-10H,7H2,1-2H3,(H,23,29)(H,24,30). The van der Waals surface area contributed by atoms with E-state index in [1.807, 2.05) is 25.4 Å². The number of rotatable bonds is 5. The van der Waals surface area contributed by atoms with Gasteiger partial charge in [-0.05, 0) is 30.7 Å². The predicted octanol–water partition coefficient (Wildman–Crippen LogP) is 2.26. The lowest BCUT2D eigenvalue weighted by molar-refractivity contribution is -0.113. The van der Waals surface area contributed by atoms with Gasteiger partial charge in [-0.25, -0.2) is 0 Å². The Hall–Kier alpha value is -3.79. The summed E-state index contributed by atoms with van der Waals surface area (Å²) in [5, 5.41) is 17.6. The van der Waals surface area contributed by atoms with Crippen molar-refractivity contribution in [2.75, 3.05) is 16.5 Å². The molecule has 4 aromatic heterocycles. The molecule has 0 spiro atoms. The van der Waals surface area contributed by atoms with Gasteiger partial charge < -0.3 is 10.6 Å². The van der Waals surface area contributed by atoms with E-state index >= 15 is 0 Å². The van der Waals surface area contributed by atoms with Gasteiger partial charge in [-0.15, -0.1) is 21.8 Å². The second-order valence-electron chi connectivity index (χ2n) is 6.56. The number of carbonyl (C=O) groups excluding carboxylic acids is 2. The molecule has 0 aliphatic carbocycles. The maximum Gasteiger partial charge on any atom is 0.294 e. The molecule has 0 unspecified atom stereocenters. The Labute approximate surface area is 175 Å². The van der Waals surface area contributed by atoms with Crippen LogP contribution >= 0.6 is 11.6 Å². The Morgan fingerprint density at radius 3 is 2.70 bits per heavy atom. The lowest BCUT2D eigenvalue weighted by atomic mass is 10.1. The molecule has 0 saturated carbocycles. The topological polar surface area (TPSA) is 119 Å². The summed E-state index contributed by atoms with van der Waals surface area (Å²) in [4.78, 5) is 28.5. The minimum Gasteiger partial charge on any atom is -0.324 e. The third-order valence-electron chi connectivity index (χ3n) is 4.39. The number of pyridine rings is 2. The molecule has 4 rings (SSSR count). The molecule has 4 heterocycles. The fraction of sp³-hybridized carbons (Fsp3) is 0.158. The maximum absolute atomic E-state index is 12.8. The lowest BCUT2D eigenvalue weighted by Gasteiger charge is -2.10. The van der Waals surface area contributed by atoms with Crippen LogP contribution in [0.15, 0.2) is 43.0 Å². The first-order chi connectivity index (χ1) is 14.4. The molecule has 0 aliphatic rings. The van der Waals surface area contributed by atoms with E-state index in [9.17, 15) is 9.59 Å². The molecule has 2 amide bonds. The van der Waals surface area contributed by atoms with E-state index in [0.29, 0.717) is 22.7 Å². The second kappa shape index (κ2) is 7.91. The Balaban J connectivity index is 1.59. The van der Waals surface area contributed by atoms with E-state index in [2.05, 4.69) is 30.9 Å². The summed E-state index contributed by atoms with van der Waals surface area (Å²) in [5.74, 6) is -0.880. The molecule has 11 heteroatoms. The van der Waals surface area contributed by atoms with E-state index < -0.39 is 5.91 Å². The summed E-state index contributed by atoms with van der Waals surface area (Å²) in [5.41, 5.74) is 3.83. The summed E-state index contributed by atoms with van der Waals surface area (Å²) in [6.07, 6.45) is 6.86. The van der Waals surface area contributed by atoms with Crippen molar-refractivity contribution < 1.29 is 9.59 Å². The van der Waals surface area contributed by atoms with Crippen LogP contribution in [-0.2, 0) is 11.8 Å². The first kappa shape index (κ1) is 19.5. The lowest BCUT2D eigenvalue weighted by Crippen LogP contribution is -2.18. The molecule has 0 aromatic carbocycles. The van der Waals surface area contributed by atoms with Crippen molar-refractivity contribution in [3.05, 3.63) is 54.5 Å². The molecule has 152 valence electrons. The number of nitrogens with one attached hydrogen (secondary N) is 2. The van der Waals surface area contributed by atoms with Gasteiger partial charge in [-0.1, -0.05) is 0 Å². The number of anilines is 2. The number of nitrogens with zero attached hydrogens (tertiary/aromatic N) is 6. The zero-order valence-corrected chi connectivity index (χ0v) is 16.9. The van der Waals surface area contributed by atoms with Crippen molar-refractivity contribution >= 4 is 40.4 Å². The predicted molar refractivity (Wildman–Crippen MR) is 111 cm³/mol. The summed E-state index contributed by atoms with van der Waals surface area (Å²) in [6.45, 7) is 1.74. The number of carbonyl (C=O) groups is 2. The average Bonchev–Trinajstić information content (AvgIpc) is 3.36. The molecule has 0 saturated heterocycles. The number of aromatic nitrogens is 6. The quantitative estimate of drug-likeness (QED) is 0.474. The highest BCUT2D eigenvalue weighted by atomic mass is 35.5. The molecule has 0 bridgehead atoms. The van der Waals surface area contributed by atoms with Crippen molar-refractivity contribution in [1.82, 2.24) is 29.4 Å². The molecule has 0 radical (unpaired) electrons. The number of alkyl halides is 1. The molecule has 0 atom stereocenters. The van der Waals surface area contributed by atoms with Crippen molar-refractivity contribution in [1.29, 1.82) is 0 Å². The van der Waals surface area contributed by atoms with Gasteiger partial charge in [0.25, 0.3) is 5.91 Å². The highest BCUT2D eigenvalue weighted by Crippen LogP contribution is 2.21. The monoisotopic (exact) mass is 424 g/mol. The second-order valence-corrected chi connectivity index (χ2v) is 6.83. The van der Waals surface area contributed by atoms with Crippen molar-refractivity contribution in [2.45, 2.75) is 6.92 Å². The van der Waals surface area contributed by atoms with Crippen LogP contribution in [0.4, 0.5) is 11.4 Å². The van der Waals surface area contributed by atoms with Crippen molar-refractivity contribution in [3.8, 4) is 11.1 Å². The van der Waals surface area contributed by atoms with Gasteiger partial charge in [-0.3, -0.25) is 23.7 Å². The molecular formula is C19H17ClN8O2. The summed E-state index contributed by atoms with van der Waals surface area (Å²) in [7, 11) is 1.84. The van der Waals surface area contributed by atoms with E-state index in [4.69, 9.17) is 11.6 Å². The number of hydrogen-bond donors (Lipinski definition) is 2. The number of halogens is 1. The van der Waals surface area contributed by atoms with Crippen LogP contribution in [0.25, 0.3) is 16.8 Å². The minimum atomic E-state index is -0.456. The van der Waals surface area contributed by atoms with Crippen molar-refractivity contribution in [2.24, 2.45) is 7.05 Å². The number of amides is 2. The van der Waals surface area contributed by atoms with Crippen LogP contribution in [0, 0.1) is 6.92 Å². The van der Waals surface area contributed by atoms with Gasteiger partial charge in [0.1, 0.15) is 5.88 Å². The van der Waals surface area contributed by atoms with Gasteiger partial charge in [0.05, 0.1) is 29.5 Å². The molecule has 10 nitrogen and oxygen atoms in total. The normalized spacial score (nSPS) is 10.9. The van der Waals surface area contributed by atoms with Crippen LogP contribution < -0.4 is 10.6 Å². The fourth-order valence-electron chi connectivity index (χ4n) is 2.90. The number of hydrogen-bond acceptors (Lipinski definition) is 6. The zero-order chi connectivity index (χ0) is 21.3. The van der Waals surface area contributed by atoms with Crippen molar-refractivity contribution in [3.63, 3.8) is 0 Å². The molecule has 30 heavy (non-hydrogen) atoms. The average molecular weight is 425 g/mol. The Kier molecular flexibility index (Phi) is 5.15. The van der Waals surface area contributed by atoms with E-state index in [1.165, 1.54) is 6.20 Å². The van der Waals surface area contributed by atoms with Crippen LogP contribution in [0.3, 0.4) is 0 Å². The van der Waals surface area contributed by atoms with E-state index in [1.54, 1.807) is 34.5 Å². The van der Waals surface area contributed by atoms with Gasteiger partial charge in [0, 0.05) is 25.0 Å². The smallest absolute Gasteiger partial charge is 0.294 e. The Bertz CT molecular complexity index is 1260. The minimum absolute atomic E-state index is 0.123. The Morgan fingerprint density at radius 2 is 1.97 bits per heavy atom. The highest BCUT2D eigenvalue weighted by Gasteiger charge is 2.17. The fourth-order valence-corrected chi connectivity index (χ4v) is 2.96. The van der Waals surface area contributed by atoms with Gasteiger partial charge in [-0.2, -0.15) is 5.10 Å². The van der Waals surface area contributed by atoms with Crippen LogP contribution in [0.1, 0.15) is 16.3 Å². The van der Waals surface area contributed by atoms with Crippen LogP contribution in [-0.4, -0.2) is 47.1 Å². The molecule has 4 aromatic rings. The summed E-state index contributed by atoms with van der Waals surface area (Å²) >= 11 is 5.51. The largest absolute Gasteiger partial charge is 0.324 e. The van der Waals surface area contributed by atoms with Gasteiger partial charge >= 0.3 is 0 Å².